The minimum Gasteiger partial charge on any atom is -0.294 e. The van der Waals surface area contributed by atoms with E-state index in [1.54, 1.807) is 11.3 Å². The van der Waals surface area contributed by atoms with Gasteiger partial charge < -0.3 is 0 Å². The van der Waals surface area contributed by atoms with Crippen LogP contribution in [0.15, 0.2) is 24.3 Å². The highest BCUT2D eigenvalue weighted by molar-refractivity contribution is 7.19. The van der Waals surface area contributed by atoms with Gasteiger partial charge in [0.15, 0.2) is 6.29 Å². The van der Waals surface area contributed by atoms with Gasteiger partial charge in [-0.1, -0.05) is 18.2 Å². The second-order valence-electron chi connectivity index (χ2n) is 3.01. The van der Waals surface area contributed by atoms with E-state index in [-0.39, 0.29) is 0 Å². The number of rotatable bonds is 2. The predicted octanol–water partition coefficient (Wildman–Crippen LogP) is 2.59. The van der Waals surface area contributed by atoms with E-state index in [1.165, 1.54) is 0 Å². The predicted molar refractivity (Wildman–Crippen MR) is 57.0 cm³/mol. The number of Topliss-reactive ketones (excluding diaryl/α,β-unsaturated/α-hetero) is 1. The van der Waals surface area contributed by atoms with Crippen molar-refractivity contribution in [2.24, 2.45) is 0 Å². The van der Waals surface area contributed by atoms with Crippen LogP contribution in [0.1, 0.15) is 15.2 Å². The first-order valence-corrected chi connectivity index (χ1v) is 5.03. The Hall–Kier alpha value is -1.48. The first kappa shape index (κ1) is 9.09. The van der Waals surface area contributed by atoms with Gasteiger partial charge in [-0.3, -0.25) is 9.59 Å². The smallest absolute Gasteiger partial charge is 0.227 e. The molecule has 70 valence electrons. The Balaban J connectivity index is 2.80. The minimum absolute atomic E-state index is 0.376. The Morgan fingerprint density at radius 3 is 2.79 bits per heavy atom. The molecule has 3 heteroatoms. The van der Waals surface area contributed by atoms with Gasteiger partial charge in [-0.05, 0) is 13.0 Å². The molecule has 2 nitrogen and oxygen atoms in total. The molecule has 0 spiro atoms. The third-order valence-corrected chi connectivity index (χ3v) is 3.21. The number of aldehydes is 1. The van der Waals surface area contributed by atoms with E-state index in [9.17, 15) is 9.59 Å². The highest BCUT2D eigenvalue weighted by Crippen LogP contribution is 2.30. The fourth-order valence-corrected chi connectivity index (χ4v) is 2.60. The van der Waals surface area contributed by atoms with E-state index in [1.807, 2.05) is 31.2 Å². The van der Waals surface area contributed by atoms with E-state index in [0.29, 0.717) is 11.8 Å². The summed E-state index contributed by atoms with van der Waals surface area (Å²) in [6.45, 7) is 1.86. The number of fused-ring (bicyclic) bond motifs is 1. The lowest BCUT2D eigenvalue weighted by Gasteiger charge is -1.92. The molecule has 0 N–H and O–H groups in total. The van der Waals surface area contributed by atoms with Crippen LogP contribution in [-0.4, -0.2) is 12.1 Å². The molecule has 0 aliphatic heterocycles. The molecular weight excluding hydrogens is 196 g/mol. The monoisotopic (exact) mass is 204 g/mol. The highest BCUT2D eigenvalue weighted by Gasteiger charge is 2.14. The second kappa shape index (κ2) is 3.35. The summed E-state index contributed by atoms with van der Waals surface area (Å²) in [7, 11) is 0. The minimum atomic E-state index is -0.431. The topological polar surface area (TPSA) is 34.1 Å². The van der Waals surface area contributed by atoms with Gasteiger partial charge in [0.1, 0.15) is 0 Å². The first-order chi connectivity index (χ1) is 6.74. The summed E-state index contributed by atoms with van der Waals surface area (Å²) in [4.78, 5) is 22.7. The molecule has 2 aromatic rings. The maximum atomic E-state index is 11.3. The number of carbonyl (C=O) groups is 2. The molecule has 0 saturated heterocycles. The van der Waals surface area contributed by atoms with Gasteiger partial charge in [-0.2, -0.15) is 0 Å². The molecule has 0 saturated carbocycles. The number of benzene rings is 1. The summed E-state index contributed by atoms with van der Waals surface area (Å²) >= 11 is 1.54. The van der Waals surface area contributed by atoms with Crippen molar-refractivity contribution in [2.75, 3.05) is 0 Å². The van der Waals surface area contributed by atoms with Crippen LogP contribution in [0.5, 0.6) is 0 Å². The lowest BCUT2D eigenvalue weighted by atomic mass is 10.1. The Bertz CT molecular complexity index is 511. The average Bonchev–Trinajstić information content (AvgIpc) is 2.53. The van der Waals surface area contributed by atoms with Crippen LogP contribution >= 0.6 is 11.3 Å². The number of thiophene rings is 1. The lowest BCUT2D eigenvalue weighted by Crippen LogP contribution is -1.99. The second-order valence-corrected chi connectivity index (χ2v) is 4.27. The Morgan fingerprint density at radius 2 is 2.07 bits per heavy atom. The van der Waals surface area contributed by atoms with Gasteiger partial charge >= 0.3 is 0 Å². The average molecular weight is 204 g/mol. The third-order valence-electron chi connectivity index (χ3n) is 2.12. The number of aryl methyl sites for hydroxylation is 1. The molecule has 0 aliphatic rings. The molecule has 1 aromatic heterocycles. The summed E-state index contributed by atoms with van der Waals surface area (Å²) in [5, 5.41) is 0.882. The number of hydrogen-bond donors (Lipinski definition) is 0. The first-order valence-electron chi connectivity index (χ1n) is 4.21. The highest BCUT2D eigenvalue weighted by atomic mass is 32.1. The van der Waals surface area contributed by atoms with Gasteiger partial charge in [-0.15, -0.1) is 11.3 Å². The van der Waals surface area contributed by atoms with Gasteiger partial charge in [0, 0.05) is 20.5 Å². The van der Waals surface area contributed by atoms with Crippen molar-refractivity contribution in [3.05, 3.63) is 34.7 Å². The van der Waals surface area contributed by atoms with Crippen molar-refractivity contribution < 1.29 is 9.59 Å². The normalized spacial score (nSPS) is 10.4. The van der Waals surface area contributed by atoms with E-state index < -0.39 is 5.78 Å². The quantitative estimate of drug-likeness (QED) is 0.428. The molecule has 0 unspecified atom stereocenters. The van der Waals surface area contributed by atoms with Gasteiger partial charge in [0.2, 0.25) is 5.78 Å². The van der Waals surface area contributed by atoms with Crippen LogP contribution < -0.4 is 0 Å². The molecule has 0 atom stereocenters. The Morgan fingerprint density at radius 1 is 1.36 bits per heavy atom. The van der Waals surface area contributed by atoms with E-state index in [0.717, 1.165) is 15.0 Å². The van der Waals surface area contributed by atoms with Crippen LogP contribution in [0, 0.1) is 6.92 Å². The molecule has 14 heavy (non-hydrogen) atoms. The van der Waals surface area contributed by atoms with E-state index in [4.69, 9.17) is 0 Å². The maximum Gasteiger partial charge on any atom is 0.227 e. The Labute approximate surface area is 85.2 Å². The molecule has 0 aliphatic carbocycles. The van der Waals surface area contributed by atoms with Crippen LogP contribution in [0.4, 0.5) is 0 Å². The fraction of sp³-hybridized carbons (Fsp3) is 0.0909. The summed E-state index contributed by atoms with van der Waals surface area (Å²) in [6.07, 6.45) is 0.376. The van der Waals surface area contributed by atoms with E-state index in [2.05, 4.69) is 0 Å². The molecule has 0 fully saturated rings. The maximum absolute atomic E-state index is 11.3. The molecule has 0 amide bonds. The molecular formula is C11H8O2S. The fourth-order valence-electron chi connectivity index (χ4n) is 1.53. The van der Waals surface area contributed by atoms with Crippen LogP contribution in [0.2, 0.25) is 0 Å². The van der Waals surface area contributed by atoms with Crippen molar-refractivity contribution in [3.8, 4) is 0 Å². The number of hydrogen-bond acceptors (Lipinski definition) is 3. The Kier molecular flexibility index (Phi) is 2.17. The zero-order valence-corrected chi connectivity index (χ0v) is 8.43. The molecule has 2 rings (SSSR count). The zero-order valence-electron chi connectivity index (χ0n) is 7.61. The van der Waals surface area contributed by atoms with Gasteiger partial charge in [0.05, 0.1) is 0 Å². The van der Waals surface area contributed by atoms with Gasteiger partial charge in [0.25, 0.3) is 0 Å². The largest absolute Gasteiger partial charge is 0.294 e. The summed E-state index contributed by atoms with van der Waals surface area (Å²) in [6, 6.07) is 7.62. The van der Waals surface area contributed by atoms with Crippen LogP contribution in [0.25, 0.3) is 10.1 Å². The standard InChI is InChI=1S/C11H8O2S/c1-7-11(9(13)6-12)8-4-2-3-5-10(8)14-7/h2-6H,1H3. The van der Waals surface area contributed by atoms with Crippen molar-refractivity contribution >= 4 is 33.5 Å². The summed E-state index contributed by atoms with van der Waals surface area (Å²) in [5.74, 6) is -0.431. The molecule has 0 radical (unpaired) electrons. The van der Waals surface area contributed by atoms with Gasteiger partial charge in [-0.25, -0.2) is 0 Å². The van der Waals surface area contributed by atoms with Crippen molar-refractivity contribution in [3.63, 3.8) is 0 Å². The lowest BCUT2D eigenvalue weighted by molar-refractivity contribution is -0.104. The van der Waals surface area contributed by atoms with Crippen LogP contribution in [0.3, 0.4) is 0 Å². The molecule has 1 aromatic carbocycles. The third kappa shape index (κ3) is 1.26. The van der Waals surface area contributed by atoms with Crippen LogP contribution in [-0.2, 0) is 4.79 Å². The summed E-state index contributed by atoms with van der Waals surface area (Å²) < 4.78 is 1.05. The zero-order chi connectivity index (χ0) is 10.1. The van der Waals surface area contributed by atoms with Crippen molar-refractivity contribution in [1.29, 1.82) is 0 Å². The molecule has 0 bridgehead atoms. The SMILES string of the molecule is Cc1sc2ccccc2c1C(=O)C=O. The molecule has 1 heterocycles. The van der Waals surface area contributed by atoms with Crippen molar-refractivity contribution in [1.82, 2.24) is 0 Å². The number of ketones is 1. The number of carbonyl (C=O) groups excluding carboxylic acids is 2. The van der Waals surface area contributed by atoms with E-state index >= 15 is 0 Å². The summed E-state index contributed by atoms with van der Waals surface area (Å²) in [5.41, 5.74) is 0.556. The van der Waals surface area contributed by atoms with Crippen molar-refractivity contribution in [2.45, 2.75) is 6.92 Å².